The lowest BCUT2D eigenvalue weighted by atomic mass is 9.90. The highest BCUT2D eigenvalue weighted by Gasteiger charge is 2.34. The van der Waals surface area contributed by atoms with Gasteiger partial charge in [0.15, 0.2) is 0 Å². The quantitative estimate of drug-likeness (QED) is 0.329. The van der Waals surface area contributed by atoms with Gasteiger partial charge in [-0.15, -0.1) is 0 Å². The molecule has 1 heterocycles. The predicted molar refractivity (Wildman–Crippen MR) is 150 cm³/mol. The summed E-state index contributed by atoms with van der Waals surface area (Å²) in [5.41, 5.74) is 8.68. The fourth-order valence-corrected chi connectivity index (χ4v) is 5.11. The van der Waals surface area contributed by atoms with Crippen LogP contribution in [0.4, 0.5) is 4.39 Å². The van der Waals surface area contributed by atoms with Gasteiger partial charge in [-0.25, -0.2) is 4.39 Å². The molecular weight excluding hydrogens is 497 g/mol. The molecule has 0 bridgehead atoms. The summed E-state index contributed by atoms with van der Waals surface area (Å²) in [6.07, 6.45) is 6.00. The minimum absolute atomic E-state index is 0.0633. The lowest BCUT2D eigenvalue weighted by Gasteiger charge is -2.42. The number of likely N-dealkylation sites (tertiary alicyclic amines) is 1. The average molecular weight is 536 g/mol. The summed E-state index contributed by atoms with van der Waals surface area (Å²) in [5, 5.41) is 13.4. The summed E-state index contributed by atoms with van der Waals surface area (Å²) in [7, 11) is 1.83. The van der Waals surface area contributed by atoms with E-state index in [-0.39, 0.29) is 36.3 Å². The molecule has 0 aliphatic carbocycles. The lowest BCUT2D eigenvalue weighted by Crippen LogP contribution is -2.52. The number of nitrogens with two attached hydrogens (primary N) is 1. The molecule has 0 aromatic heterocycles. The smallest absolute Gasteiger partial charge is 0.251 e. The van der Waals surface area contributed by atoms with Crippen LogP contribution < -0.4 is 16.4 Å². The maximum Gasteiger partial charge on any atom is 0.251 e. The molecule has 39 heavy (non-hydrogen) atoms. The minimum Gasteiger partial charge on any atom is -0.369 e. The van der Waals surface area contributed by atoms with E-state index in [1.165, 1.54) is 12.1 Å². The number of nitrogens with zero attached hydrogens (tertiary/aromatic N) is 1. The van der Waals surface area contributed by atoms with Crippen LogP contribution in [0.25, 0.3) is 0 Å². The van der Waals surface area contributed by atoms with Crippen LogP contribution in [0, 0.1) is 24.1 Å². The number of primary amides is 1. The van der Waals surface area contributed by atoms with Gasteiger partial charge in [0.05, 0.1) is 18.5 Å². The van der Waals surface area contributed by atoms with Gasteiger partial charge in [0, 0.05) is 23.9 Å². The maximum absolute atomic E-state index is 14.0. The third-order valence-corrected chi connectivity index (χ3v) is 7.09. The second-order valence-corrected chi connectivity index (χ2v) is 10.1. The van der Waals surface area contributed by atoms with Gasteiger partial charge in [0.1, 0.15) is 5.82 Å². The van der Waals surface area contributed by atoms with E-state index < -0.39 is 11.8 Å². The topological polar surface area (TPSA) is 128 Å². The summed E-state index contributed by atoms with van der Waals surface area (Å²) in [6.45, 7) is 3.89. The van der Waals surface area contributed by atoms with Crippen molar-refractivity contribution in [2.45, 2.75) is 51.6 Å². The molecule has 0 saturated carbocycles. The van der Waals surface area contributed by atoms with Crippen molar-refractivity contribution in [1.29, 1.82) is 5.41 Å². The van der Waals surface area contributed by atoms with Crippen LogP contribution in [-0.2, 0) is 16.0 Å². The fraction of sp³-hybridized carbons (Fsp3) is 0.400. The highest BCUT2D eigenvalue weighted by Crippen LogP contribution is 2.34. The van der Waals surface area contributed by atoms with Crippen LogP contribution in [0.5, 0.6) is 0 Å². The zero-order chi connectivity index (χ0) is 28.5. The Hall–Kier alpha value is -3.85. The molecule has 0 radical (unpaired) electrons. The van der Waals surface area contributed by atoms with E-state index in [4.69, 9.17) is 11.1 Å². The van der Waals surface area contributed by atoms with E-state index in [9.17, 15) is 18.8 Å². The van der Waals surface area contributed by atoms with Gasteiger partial charge in [-0.3, -0.25) is 14.4 Å². The molecule has 0 spiro atoms. The number of allylic oxidation sites excluding steroid dienone is 1. The lowest BCUT2D eigenvalue weighted by molar-refractivity contribution is -0.137. The van der Waals surface area contributed by atoms with Gasteiger partial charge in [0.25, 0.3) is 5.91 Å². The van der Waals surface area contributed by atoms with Gasteiger partial charge in [-0.1, -0.05) is 24.3 Å². The maximum atomic E-state index is 14.0. The monoisotopic (exact) mass is 535 g/mol. The number of piperidine rings is 1. The van der Waals surface area contributed by atoms with Crippen LogP contribution in [0.15, 0.2) is 54.6 Å². The molecule has 2 aromatic carbocycles. The van der Waals surface area contributed by atoms with Crippen molar-refractivity contribution in [2.75, 3.05) is 20.1 Å². The van der Waals surface area contributed by atoms with E-state index in [0.717, 1.165) is 36.0 Å². The van der Waals surface area contributed by atoms with E-state index in [1.54, 1.807) is 48.2 Å². The zero-order valence-corrected chi connectivity index (χ0v) is 22.8. The highest BCUT2D eigenvalue weighted by atomic mass is 19.1. The molecule has 1 fully saturated rings. The van der Waals surface area contributed by atoms with Crippen molar-refractivity contribution in [3.63, 3.8) is 0 Å². The first kappa shape index (κ1) is 29.7. The first-order valence-electron chi connectivity index (χ1n) is 13.2. The summed E-state index contributed by atoms with van der Waals surface area (Å²) in [4.78, 5) is 40.0. The number of nitrogens with one attached hydrogen (secondary N) is 3. The summed E-state index contributed by atoms with van der Waals surface area (Å²) >= 11 is 0. The van der Waals surface area contributed by atoms with E-state index in [0.29, 0.717) is 24.2 Å². The van der Waals surface area contributed by atoms with Crippen molar-refractivity contribution in [3.8, 4) is 0 Å². The third-order valence-electron chi connectivity index (χ3n) is 7.09. The number of amides is 3. The van der Waals surface area contributed by atoms with Crippen LogP contribution in [0.3, 0.4) is 0 Å². The second-order valence-electron chi connectivity index (χ2n) is 10.1. The average Bonchev–Trinajstić information content (AvgIpc) is 2.90. The molecule has 3 unspecified atom stereocenters. The van der Waals surface area contributed by atoms with Crippen LogP contribution in [-0.4, -0.2) is 54.5 Å². The molecular formula is C30H38FN5O3. The summed E-state index contributed by atoms with van der Waals surface area (Å²) in [5.74, 6) is -2.00. The third kappa shape index (κ3) is 8.07. The van der Waals surface area contributed by atoms with E-state index in [1.807, 2.05) is 20.0 Å². The molecule has 2 aromatic rings. The Balaban J connectivity index is 1.71. The predicted octanol–water partition coefficient (Wildman–Crippen LogP) is 3.45. The fourth-order valence-electron chi connectivity index (χ4n) is 5.11. The van der Waals surface area contributed by atoms with Crippen LogP contribution in [0.2, 0.25) is 0 Å². The number of hydrogen-bond acceptors (Lipinski definition) is 5. The molecule has 1 aliphatic rings. The largest absolute Gasteiger partial charge is 0.369 e. The highest BCUT2D eigenvalue weighted by molar-refractivity contribution is 5.97. The first-order chi connectivity index (χ1) is 18.6. The Morgan fingerprint density at radius 1 is 1.21 bits per heavy atom. The number of carbonyl (C=O) groups is 3. The Morgan fingerprint density at radius 2 is 1.97 bits per heavy atom. The Bertz CT molecular complexity index is 1240. The van der Waals surface area contributed by atoms with Crippen molar-refractivity contribution in [1.82, 2.24) is 15.5 Å². The molecule has 208 valence electrons. The molecule has 3 atom stereocenters. The number of carbonyl (C=O) groups excluding carboxylic acids is 3. The number of halogens is 1. The summed E-state index contributed by atoms with van der Waals surface area (Å²) in [6, 6.07) is 11.2. The standard InChI is InChI=1S/C30H38FN5O3/c1-19-14-24(13-12-21(19)15-23(29(33)38)11-10-20(2)32)30(39)35-18-28(37)36-26(17-34-3)8-5-9-27(36)22-6-4-7-25(31)16-22/h4,6-7,10-14,16,23,26-27,32,34H,5,8-9,15,17-18H2,1-3H3,(H2,33,38)(H,35,39). The van der Waals surface area contributed by atoms with Crippen LogP contribution >= 0.6 is 0 Å². The molecule has 5 N–H and O–H groups in total. The van der Waals surface area contributed by atoms with E-state index in [2.05, 4.69) is 10.6 Å². The van der Waals surface area contributed by atoms with Gasteiger partial charge in [0.2, 0.25) is 11.8 Å². The minimum atomic E-state index is -0.567. The number of benzene rings is 2. The van der Waals surface area contributed by atoms with Crippen molar-refractivity contribution < 1.29 is 18.8 Å². The first-order valence-corrected chi connectivity index (χ1v) is 13.2. The molecule has 1 aliphatic heterocycles. The number of aryl methyl sites for hydroxylation is 1. The molecule has 3 amide bonds. The normalized spacial score (nSPS) is 18.1. The molecule has 1 saturated heterocycles. The Labute approximate surface area is 229 Å². The van der Waals surface area contributed by atoms with Crippen molar-refractivity contribution >= 4 is 23.4 Å². The molecule has 8 nitrogen and oxygen atoms in total. The van der Waals surface area contributed by atoms with Gasteiger partial charge in [-0.2, -0.15) is 0 Å². The van der Waals surface area contributed by atoms with Crippen LogP contribution in [0.1, 0.15) is 59.3 Å². The zero-order valence-electron chi connectivity index (χ0n) is 22.8. The van der Waals surface area contributed by atoms with Gasteiger partial charge >= 0.3 is 0 Å². The van der Waals surface area contributed by atoms with Gasteiger partial charge < -0.3 is 26.7 Å². The van der Waals surface area contributed by atoms with Crippen molar-refractivity contribution in [2.24, 2.45) is 11.7 Å². The Morgan fingerprint density at radius 3 is 2.62 bits per heavy atom. The molecule has 9 heteroatoms. The Kier molecular flexibility index (Phi) is 10.5. The van der Waals surface area contributed by atoms with E-state index >= 15 is 0 Å². The number of hydrogen-bond donors (Lipinski definition) is 4. The summed E-state index contributed by atoms with van der Waals surface area (Å²) < 4.78 is 14.0. The second kappa shape index (κ2) is 13.8. The van der Waals surface area contributed by atoms with Crippen molar-refractivity contribution in [3.05, 3.63) is 82.7 Å². The molecule has 3 rings (SSSR count). The van der Waals surface area contributed by atoms with Gasteiger partial charge in [-0.05, 0) is 93.6 Å². The number of rotatable bonds is 11. The SMILES string of the molecule is CNCC1CCCC(c2cccc(F)c2)N1C(=O)CNC(=O)c1ccc(CC(C=CC(C)=N)C(N)=O)c(C)c1. The number of likely N-dealkylation sites (N-methyl/N-ethyl adjacent to an activating group) is 1.